The lowest BCUT2D eigenvalue weighted by atomic mass is 10.4. The Hall–Kier alpha value is -1.36. The Morgan fingerprint density at radius 2 is 2.57 bits per heavy atom. The minimum Gasteiger partial charge on any atom is -0.862 e. The molecule has 0 aliphatic carbocycles. The van der Waals surface area contributed by atoms with Crippen LogP contribution in [0.5, 0.6) is 0 Å². The van der Waals surface area contributed by atoms with Crippen molar-refractivity contribution in [2.75, 3.05) is 0 Å². The van der Waals surface area contributed by atoms with Crippen molar-refractivity contribution in [2.45, 2.75) is 19.3 Å². The van der Waals surface area contributed by atoms with Gasteiger partial charge in [0, 0.05) is 0 Å². The first-order chi connectivity index (χ1) is 6.69. The summed E-state index contributed by atoms with van der Waals surface area (Å²) in [6, 6.07) is 0. The molecule has 1 rings (SSSR count). The monoisotopic (exact) mass is 215 g/mol. The standard InChI is InChI=1S/C8H10ClN3O2/c1-3-4-12-7(5-9)8(14-11-12)10-6(2)13/h3H,1,4-5H2,2H3. The predicted molar refractivity (Wildman–Crippen MR) is 49.2 cm³/mol. The van der Waals surface area contributed by atoms with Crippen molar-refractivity contribution >= 4 is 23.4 Å². The summed E-state index contributed by atoms with van der Waals surface area (Å²) in [5.74, 6) is -0.00341. The SMILES string of the molecule is C=CC[n+]1noc(/N=C(/C)[O-])c1CCl. The zero-order valence-corrected chi connectivity index (χ0v) is 8.49. The highest BCUT2D eigenvalue weighted by Crippen LogP contribution is 2.16. The van der Waals surface area contributed by atoms with E-state index in [1.165, 1.54) is 11.6 Å². The number of aliphatic imine (C=N–C) groups is 1. The van der Waals surface area contributed by atoms with E-state index in [1.54, 1.807) is 6.08 Å². The lowest BCUT2D eigenvalue weighted by Gasteiger charge is -1.97. The van der Waals surface area contributed by atoms with E-state index in [2.05, 4.69) is 16.8 Å². The van der Waals surface area contributed by atoms with Crippen molar-refractivity contribution in [3.8, 4) is 0 Å². The number of aromatic nitrogens is 2. The molecular formula is C8H10ClN3O2. The van der Waals surface area contributed by atoms with Gasteiger partial charge in [-0.05, 0) is 23.6 Å². The molecule has 0 N–H and O–H groups in total. The van der Waals surface area contributed by atoms with Crippen LogP contribution in [0.1, 0.15) is 12.6 Å². The van der Waals surface area contributed by atoms with Crippen molar-refractivity contribution in [3.63, 3.8) is 0 Å². The zero-order valence-electron chi connectivity index (χ0n) is 7.73. The van der Waals surface area contributed by atoms with Crippen LogP contribution in [0.15, 0.2) is 22.2 Å². The van der Waals surface area contributed by atoms with Gasteiger partial charge in [0.2, 0.25) is 5.27 Å². The van der Waals surface area contributed by atoms with Crippen LogP contribution in [0.2, 0.25) is 0 Å². The molecular weight excluding hydrogens is 206 g/mol. The molecule has 0 aromatic carbocycles. The minimum absolute atomic E-state index is 0.161. The summed E-state index contributed by atoms with van der Waals surface area (Å²) in [6.07, 6.45) is 1.65. The number of allylic oxidation sites excluding steroid dienone is 1. The lowest BCUT2D eigenvalue weighted by Crippen LogP contribution is -2.38. The van der Waals surface area contributed by atoms with Gasteiger partial charge in [0.05, 0.1) is 0 Å². The van der Waals surface area contributed by atoms with E-state index in [-0.39, 0.29) is 17.7 Å². The van der Waals surface area contributed by atoms with Crippen LogP contribution in [0.25, 0.3) is 0 Å². The molecule has 0 unspecified atom stereocenters. The van der Waals surface area contributed by atoms with Crippen LogP contribution in [0.3, 0.4) is 0 Å². The summed E-state index contributed by atoms with van der Waals surface area (Å²) in [6.45, 7) is 5.36. The van der Waals surface area contributed by atoms with E-state index < -0.39 is 0 Å². The van der Waals surface area contributed by atoms with Gasteiger partial charge in [0.1, 0.15) is 5.88 Å². The van der Waals surface area contributed by atoms with E-state index in [4.69, 9.17) is 16.1 Å². The van der Waals surface area contributed by atoms with E-state index >= 15 is 0 Å². The molecule has 0 amide bonds. The smallest absolute Gasteiger partial charge is 0.325 e. The second-order valence-electron chi connectivity index (χ2n) is 2.56. The molecule has 6 heteroatoms. The number of alkyl halides is 1. The van der Waals surface area contributed by atoms with Gasteiger partial charge in [-0.1, -0.05) is 6.58 Å². The summed E-state index contributed by atoms with van der Waals surface area (Å²) < 4.78 is 6.35. The molecule has 1 heterocycles. The quantitative estimate of drug-likeness (QED) is 0.239. The van der Waals surface area contributed by atoms with Crippen LogP contribution in [0.4, 0.5) is 5.88 Å². The van der Waals surface area contributed by atoms with Gasteiger partial charge in [-0.2, -0.15) is 0 Å². The Bertz CT molecular complexity index is 355. The third kappa shape index (κ3) is 2.32. The molecule has 0 fully saturated rings. The van der Waals surface area contributed by atoms with Crippen LogP contribution in [-0.2, 0) is 12.4 Å². The highest BCUT2D eigenvalue weighted by Gasteiger charge is 2.21. The Labute approximate surface area is 86.3 Å². The lowest BCUT2D eigenvalue weighted by molar-refractivity contribution is -0.758. The highest BCUT2D eigenvalue weighted by atomic mass is 35.5. The Morgan fingerprint density at radius 3 is 3.07 bits per heavy atom. The number of hydrogen-bond acceptors (Lipinski definition) is 4. The number of rotatable bonds is 4. The van der Waals surface area contributed by atoms with Gasteiger partial charge in [-0.15, -0.1) is 11.6 Å². The average molecular weight is 216 g/mol. The summed E-state index contributed by atoms with van der Waals surface area (Å²) in [5.41, 5.74) is 0.571. The normalized spacial score (nSPS) is 11.7. The van der Waals surface area contributed by atoms with E-state index in [1.807, 2.05) is 0 Å². The minimum atomic E-state index is -0.349. The van der Waals surface area contributed by atoms with Crippen molar-refractivity contribution in [3.05, 3.63) is 18.3 Å². The molecule has 0 aliphatic rings. The number of nitrogens with zero attached hydrogens (tertiary/aromatic N) is 3. The van der Waals surface area contributed by atoms with Crippen LogP contribution in [-0.4, -0.2) is 11.2 Å². The van der Waals surface area contributed by atoms with Crippen molar-refractivity contribution in [2.24, 2.45) is 4.99 Å². The topological polar surface area (TPSA) is 65.3 Å². The third-order valence-corrected chi connectivity index (χ3v) is 1.73. The van der Waals surface area contributed by atoms with Crippen LogP contribution < -0.4 is 9.79 Å². The molecule has 0 aliphatic heterocycles. The fourth-order valence-electron chi connectivity index (χ4n) is 0.920. The van der Waals surface area contributed by atoms with Gasteiger partial charge in [0.25, 0.3) is 5.69 Å². The maximum Gasteiger partial charge on any atom is 0.325 e. The van der Waals surface area contributed by atoms with Gasteiger partial charge < -0.3 is 5.11 Å². The summed E-state index contributed by atoms with van der Waals surface area (Å²) in [7, 11) is 0. The molecule has 0 bridgehead atoms. The first-order valence-electron chi connectivity index (χ1n) is 3.97. The van der Waals surface area contributed by atoms with Gasteiger partial charge in [-0.3, -0.25) is 4.52 Å². The molecule has 0 saturated carbocycles. The fraction of sp³-hybridized carbons (Fsp3) is 0.375. The Balaban J connectivity index is 3.06. The molecule has 0 spiro atoms. The average Bonchev–Trinajstić information content (AvgIpc) is 2.47. The third-order valence-electron chi connectivity index (χ3n) is 1.47. The molecule has 0 radical (unpaired) electrons. The fourth-order valence-corrected chi connectivity index (χ4v) is 1.17. The van der Waals surface area contributed by atoms with E-state index in [0.717, 1.165) is 0 Å². The zero-order chi connectivity index (χ0) is 10.6. The van der Waals surface area contributed by atoms with E-state index in [9.17, 15) is 5.11 Å². The molecule has 1 aromatic heterocycles. The van der Waals surface area contributed by atoms with Gasteiger partial charge >= 0.3 is 5.88 Å². The molecule has 76 valence electrons. The second-order valence-corrected chi connectivity index (χ2v) is 2.83. The van der Waals surface area contributed by atoms with Crippen LogP contribution >= 0.6 is 11.6 Å². The summed E-state index contributed by atoms with van der Waals surface area (Å²) >= 11 is 5.67. The van der Waals surface area contributed by atoms with Gasteiger partial charge in [0.15, 0.2) is 6.54 Å². The molecule has 1 aromatic rings. The maximum atomic E-state index is 10.7. The van der Waals surface area contributed by atoms with Crippen molar-refractivity contribution in [1.29, 1.82) is 0 Å². The predicted octanol–water partition coefficient (Wildman–Crippen LogP) is 0.297. The number of halogens is 1. The molecule has 14 heavy (non-hydrogen) atoms. The maximum absolute atomic E-state index is 10.7. The van der Waals surface area contributed by atoms with E-state index in [0.29, 0.717) is 12.2 Å². The molecule has 5 nitrogen and oxygen atoms in total. The largest absolute Gasteiger partial charge is 0.862 e. The first kappa shape index (κ1) is 10.7. The van der Waals surface area contributed by atoms with Crippen molar-refractivity contribution < 1.29 is 14.3 Å². The highest BCUT2D eigenvalue weighted by molar-refractivity contribution is 6.17. The Morgan fingerprint density at radius 1 is 1.86 bits per heavy atom. The molecule has 0 saturated heterocycles. The number of hydrogen-bond donors (Lipinski definition) is 0. The molecule has 0 atom stereocenters. The van der Waals surface area contributed by atoms with Crippen LogP contribution in [0, 0.1) is 0 Å². The first-order valence-corrected chi connectivity index (χ1v) is 4.50. The second kappa shape index (κ2) is 4.76. The van der Waals surface area contributed by atoms with Crippen molar-refractivity contribution in [1.82, 2.24) is 5.27 Å². The summed E-state index contributed by atoms with van der Waals surface area (Å²) in [5, 5.41) is 14.4. The van der Waals surface area contributed by atoms with Gasteiger partial charge in [-0.25, -0.2) is 4.99 Å². The summed E-state index contributed by atoms with van der Waals surface area (Å²) in [4.78, 5) is 3.63. The Kier molecular flexibility index (Phi) is 3.64.